The molecule has 0 bridgehead atoms. The van der Waals surface area contributed by atoms with E-state index in [1.165, 1.54) is 0 Å². The third-order valence-electron chi connectivity index (χ3n) is 4.59. The summed E-state index contributed by atoms with van der Waals surface area (Å²) in [5.41, 5.74) is 4.26. The number of nitrogens with one attached hydrogen (secondary N) is 1. The van der Waals surface area contributed by atoms with Gasteiger partial charge in [0.1, 0.15) is 0 Å². The van der Waals surface area contributed by atoms with Gasteiger partial charge in [0, 0.05) is 31.9 Å². The van der Waals surface area contributed by atoms with E-state index in [-0.39, 0.29) is 5.91 Å². The molecular weight excluding hydrogens is 338 g/mol. The topological polar surface area (TPSA) is 64.7 Å². The van der Waals surface area contributed by atoms with Gasteiger partial charge in [0.05, 0.1) is 23.9 Å². The van der Waals surface area contributed by atoms with Gasteiger partial charge >= 0.3 is 0 Å². The van der Waals surface area contributed by atoms with Crippen LogP contribution in [0, 0.1) is 0 Å². The lowest BCUT2D eigenvalue weighted by molar-refractivity contribution is -0.121. The second-order valence-corrected chi connectivity index (χ2v) is 6.43. The second kappa shape index (κ2) is 7.86. The van der Waals surface area contributed by atoms with Crippen molar-refractivity contribution >= 4 is 16.9 Å². The zero-order valence-electron chi connectivity index (χ0n) is 15.0. The van der Waals surface area contributed by atoms with Gasteiger partial charge in [-0.15, -0.1) is 0 Å². The second-order valence-electron chi connectivity index (χ2n) is 6.43. The van der Waals surface area contributed by atoms with E-state index >= 15 is 0 Å². The summed E-state index contributed by atoms with van der Waals surface area (Å²) in [7, 11) is 0. The molecule has 4 rings (SSSR count). The highest BCUT2D eigenvalue weighted by Gasteiger charge is 2.07. The molecule has 6 nitrogen and oxygen atoms in total. The van der Waals surface area contributed by atoms with Gasteiger partial charge in [-0.2, -0.15) is 5.10 Å². The van der Waals surface area contributed by atoms with Crippen LogP contribution < -0.4 is 5.32 Å². The number of aryl methyl sites for hydroxylation is 1. The summed E-state index contributed by atoms with van der Waals surface area (Å²) in [5, 5.41) is 7.28. The monoisotopic (exact) mass is 359 g/mol. The lowest BCUT2D eigenvalue weighted by Gasteiger charge is -2.11. The van der Waals surface area contributed by atoms with E-state index in [0.717, 1.165) is 22.2 Å². The van der Waals surface area contributed by atoms with E-state index < -0.39 is 0 Å². The number of aromatic nitrogens is 4. The summed E-state index contributed by atoms with van der Waals surface area (Å²) in [6, 6.07) is 18.0. The van der Waals surface area contributed by atoms with Gasteiger partial charge in [0.15, 0.2) is 0 Å². The SMILES string of the molecule is O=C(CCn1cnc2ccccc21)NCc1ccccc1Cn1cccn1. The van der Waals surface area contributed by atoms with Crippen molar-refractivity contribution in [1.29, 1.82) is 0 Å². The number of amides is 1. The zero-order chi connectivity index (χ0) is 18.5. The maximum atomic E-state index is 12.3. The summed E-state index contributed by atoms with van der Waals surface area (Å²) in [5.74, 6) is 0.0293. The van der Waals surface area contributed by atoms with Crippen LogP contribution in [0.2, 0.25) is 0 Å². The number of nitrogens with zero attached hydrogens (tertiary/aromatic N) is 4. The minimum absolute atomic E-state index is 0.0293. The molecule has 4 aromatic rings. The maximum absolute atomic E-state index is 12.3. The molecule has 0 aliphatic heterocycles. The molecule has 0 saturated carbocycles. The number of benzene rings is 2. The van der Waals surface area contributed by atoms with Gasteiger partial charge in [-0.1, -0.05) is 36.4 Å². The highest BCUT2D eigenvalue weighted by atomic mass is 16.1. The normalized spacial score (nSPS) is 11.0. The van der Waals surface area contributed by atoms with Crippen molar-refractivity contribution in [2.45, 2.75) is 26.1 Å². The van der Waals surface area contributed by atoms with E-state index in [4.69, 9.17) is 0 Å². The van der Waals surface area contributed by atoms with Crippen molar-refractivity contribution in [1.82, 2.24) is 24.6 Å². The van der Waals surface area contributed by atoms with Crippen LogP contribution in [0.1, 0.15) is 17.5 Å². The third kappa shape index (κ3) is 4.06. The zero-order valence-corrected chi connectivity index (χ0v) is 15.0. The predicted octanol–water partition coefficient (Wildman–Crippen LogP) is 2.99. The number of hydrogen-bond acceptors (Lipinski definition) is 3. The van der Waals surface area contributed by atoms with Crippen molar-refractivity contribution in [2.75, 3.05) is 0 Å². The summed E-state index contributed by atoms with van der Waals surface area (Å²) >= 11 is 0. The fourth-order valence-electron chi connectivity index (χ4n) is 3.15. The van der Waals surface area contributed by atoms with Crippen molar-refractivity contribution in [3.8, 4) is 0 Å². The minimum Gasteiger partial charge on any atom is -0.352 e. The van der Waals surface area contributed by atoms with Crippen LogP contribution in [0.25, 0.3) is 11.0 Å². The molecule has 0 saturated heterocycles. The molecule has 0 aliphatic carbocycles. The molecule has 0 atom stereocenters. The Kier molecular flexibility index (Phi) is 4.96. The summed E-state index contributed by atoms with van der Waals surface area (Å²) < 4.78 is 3.89. The molecular formula is C21H21N5O. The van der Waals surface area contributed by atoms with Crippen LogP contribution in [-0.2, 0) is 24.4 Å². The largest absolute Gasteiger partial charge is 0.352 e. The number of para-hydroxylation sites is 2. The molecule has 27 heavy (non-hydrogen) atoms. The Bertz CT molecular complexity index is 1040. The Morgan fingerprint density at radius 1 is 1.00 bits per heavy atom. The van der Waals surface area contributed by atoms with Gasteiger partial charge < -0.3 is 9.88 Å². The summed E-state index contributed by atoms with van der Waals surface area (Å²) in [4.78, 5) is 16.7. The Morgan fingerprint density at radius 3 is 2.67 bits per heavy atom. The highest BCUT2D eigenvalue weighted by Crippen LogP contribution is 2.13. The molecule has 2 aromatic heterocycles. The molecule has 0 unspecified atom stereocenters. The van der Waals surface area contributed by atoms with E-state index in [1.54, 1.807) is 12.5 Å². The minimum atomic E-state index is 0.0293. The Labute approximate surface area is 157 Å². The van der Waals surface area contributed by atoms with Crippen LogP contribution in [0.5, 0.6) is 0 Å². The number of imidazole rings is 1. The van der Waals surface area contributed by atoms with E-state index in [1.807, 2.05) is 64.0 Å². The molecule has 0 aliphatic rings. The predicted molar refractivity (Wildman–Crippen MR) is 104 cm³/mol. The summed E-state index contributed by atoms with van der Waals surface area (Å²) in [6.45, 7) is 1.82. The van der Waals surface area contributed by atoms with Crippen molar-refractivity contribution in [2.24, 2.45) is 0 Å². The Hall–Kier alpha value is -3.41. The molecule has 136 valence electrons. The fourth-order valence-corrected chi connectivity index (χ4v) is 3.15. The van der Waals surface area contributed by atoms with Gasteiger partial charge in [-0.05, 0) is 29.3 Å². The number of carbonyl (C=O) groups is 1. The average molecular weight is 359 g/mol. The maximum Gasteiger partial charge on any atom is 0.222 e. The van der Waals surface area contributed by atoms with Crippen molar-refractivity contribution in [3.63, 3.8) is 0 Å². The van der Waals surface area contributed by atoms with Crippen LogP contribution >= 0.6 is 0 Å². The highest BCUT2D eigenvalue weighted by molar-refractivity contribution is 5.77. The lowest BCUT2D eigenvalue weighted by Crippen LogP contribution is -2.24. The number of rotatable bonds is 7. The third-order valence-corrected chi connectivity index (χ3v) is 4.59. The molecule has 1 N–H and O–H groups in total. The molecule has 0 radical (unpaired) electrons. The first-order chi connectivity index (χ1) is 13.3. The number of carbonyl (C=O) groups excluding carboxylic acids is 1. The number of hydrogen-bond donors (Lipinski definition) is 1. The van der Waals surface area contributed by atoms with Gasteiger partial charge in [0.2, 0.25) is 5.91 Å². The van der Waals surface area contributed by atoms with Crippen molar-refractivity contribution < 1.29 is 4.79 Å². The fraction of sp³-hybridized carbons (Fsp3) is 0.190. The van der Waals surface area contributed by atoms with E-state index in [9.17, 15) is 4.79 Å². The Morgan fingerprint density at radius 2 is 1.81 bits per heavy atom. The van der Waals surface area contributed by atoms with E-state index in [0.29, 0.717) is 26.1 Å². The lowest BCUT2D eigenvalue weighted by atomic mass is 10.1. The van der Waals surface area contributed by atoms with Gasteiger partial charge in [0.25, 0.3) is 0 Å². The van der Waals surface area contributed by atoms with Gasteiger partial charge in [-0.25, -0.2) is 4.98 Å². The molecule has 0 fully saturated rings. The Balaban J connectivity index is 1.34. The molecule has 6 heteroatoms. The molecule has 0 spiro atoms. The van der Waals surface area contributed by atoms with Crippen LogP contribution in [0.15, 0.2) is 73.3 Å². The average Bonchev–Trinajstić information content (AvgIpc) is 3.35. The van der Waals surface area contributed by atoms with Crippen LogP contribution in [0.3, 0.4) is 0 Å². The van der Waals surface area contributed by atoms with E-state index in [2.05, 4.69) is 21.5 Å². The quantitative estimate of drug-likeness (QED) is 0.552. The first kappa shape index (κ1) is 17.0. The first-order valence-corrected chi connectivity index (χ1v) is 9.00. The number of fused-ring (bicyclic) bond motifs is 1. The molecule has 2 heterocycles. The molecule has 2 aromatic carbocycles. The standard InChI is InChI=1S/C21H21N5O/c27-21(10-13-25-16-23-19-8-3-4-9-20(19)25)22-14-17-6-1-2-7-18(17)15-26-12-5-11-24-26/h1-9,11-12,16H,10,13-15H2,(H,22,27). The molecule has 1 amide bonds. The van der Waals surface area contributed by atoms with Crippen LogP contribution in [-0.4, -0.2) is 25.2 Å². The summed E-state index contributed by atoms with van der Waals surface area (Å²) in [6.07, 6.45) is 5.91. The first-order valence-electron chi connectivity index (χ1n) is 9.00. The van der Waals surface area contributed by atoms with Gasteiger partial charge in [-0.3, -0.25) is 9.48 Å². The smallest absolute Gasteiger partial charge is 0.222 e. The van der Waals surface area contributed by atoms with Crippen molar-refractivity contribution in [3.05, 3.63) is 84.4 Å². The van der Waals surface area contributed by atoms with Crippen LogP contribution in [0.4, 0.5) is 0 Å².